The van der Waals surface area contributed by atoms with Crippen LogP contribution < -0.4 is 0 Å². The number of hydrogen-bond acceptors (Lipinski definition) is 4. The van der Waals surface area contributed by atoms with E-state index in [1.807, 2.05) is 12.4 Å². The molecule has 4 nitrogen and oxygen atoms in total. The van der Waals surface area contributed by atoms with Gasteiger partial charge in [-0.3, -0.25) is 19.9 Å². The van der Waals surface area contributed by atoms with Crippen molar-refractivity contribution in [2.24, 2.45) is 0 Å². The fourth-order valence-electron chi connectivity index (χ4n) is 14.0. The zero-order valence-corrected chi connectivity index (χ0v) is 69.2. The normalized spacial score (nSPS) is 11.9. The molecule has 0 spiro atoms. The van der Waals surface area contributed by atoms with Crippen LogP contribution in [0.2, 0.25) is 0 Å². The molecule has 0 radical (unpaired) electrons. The van der Waals surface area contributed by atoms with Crippen molar-refractivity contribution in [3.8, 4) is 0 Å². The molecule has 7 aromatic carbocycles. The van der Waals surface area contributed by atoms with Crippen molar-refractivity contribution in [1.82, 2.24) is 19.9 Å². The average molecular weight is 1340 g/mol. The maximum atomic E-state index is 4.81. The zero-order chi connectivity index (χ0) is 75.7. The van der Waals surface area contributed by atoms with Crippen molar-refractivity contribution < 1.29 is 0 Å². The number of aromatic nitrogens is 4. The molecule has 0 atom stereocenters. The van der Waals surface area contributed by atoms with E-state index in [9.17, 15) is 0 Å². The molecule has 0 amide bonds. The van der Waals surface area contributed by atoms with Crippen molar-refractivity contribution in [1.29, 1.82) is 0 Å². The van der Waals surface area contributed by atoms with Gasteiger partial charge in [0.2, 0.25) is 0 Å². The van der Waals surface area contributed by atoms with Gasteiger partial charge in [0.25, 0.3) is 0 Å². The monoisotopic (exact) mass is 1340 g/mol. The molecule has 0 unspecified atom stereocenters. The van der Waals surface area contributed by atoms with E-state index in [0.717, 1.165) is 22.4 Å². The molecule has 0 aliphatic carbocycles. The van der Waals surface area contributed by atoms with Crippen molar-refractivity contribution in [3.05, 3.63) is 269 Å². The van der Waals surface area contributed by atoms with Gasteiger partial charge in [-0.1, -0.05) is 261 Å². The summed E-state index contributed by atoms with van der Waals surface area (Å²) in [6.07, 6.45) is 3.78. The van der Waals surface area contributed by atoms with Crippen LogP contribution >= 0.6 is 0 Å². The number of hydrogen-bond donors (Lipinski definition) is 0. The van der Waals surface area contributed by atoms with Crippen molar-refractivity contribution in [2.45, 2.75) is 280 Å². The molecular weight excluding hydrogens is 1210 g/mol. The predicted molar refractivity (Wildman–Crippen MR) is 444 cm³/mol. The minimum Gasteiger partial charge on any atom is -0.261 e. The Balaban J connectivity index is 0.000000211. The fourth-order valence-corrected chi connectivity index (χ4v) is 14.0. The Kier molecular flexibility index (Phi) is 27.2. The van der Waals surface area contributed by atoms with Gasteiger partial charge in [0.05, 0.1) is 11.0 Å². The van der Waals surface area contributed by atoms with Crippen LogP contribution in [-0.4, -0.2) is 19.9 Å². The molecule has 0 saturated carbocycles. The lowest BCUT2D eigenvalue weighted by molar-refractivity contribution is 0.563. The Bertz CT molecular complexity index is 4230. The van der Waals surface area contributed by atoms with Crippen molar-refractivity contribution in [2.75, 3.05) is 0 Å². The van der Waals surface area contributed by atoms with Crippen LogP contribution in [0.5, 0.6) is 0 Å². The number of pyridine rings is 4. The lowest BCUT2D eigenvalue weighted by atomic mass is 9.79. The largest absolute Gasteiger partial charge is 0.261 e. The molecule has 11 aromatic rings. The van der Waals surface area contributed by atoms with E-state index in [-0.39, 0.29) is 37.9 Å². The van der Waals surface area contributed by atoms with Crippen molar-refractivity contribution >= 4 is 43.4 Å². The van der Waals surface area contributed by atoms with Crippen LogP contribution in [0.15, 0.2) is 152 Å². The van der Waals surface area contributed by atoms with Crippen LogP contribution in [0.1, 0.15) is 263 Å². The first-order chi connectivity index (χ1) is 45.9. The first-order valence-corrected chi connectivity index (χ1v) is 36.6. The Labute approximate surface area is 609 Å². The molecule has 0 fully saturated rings. The highest BCUT2D eigenvalue weighted by Crippen LogP contribution is 2.38. The minimum absolute atomic E-state index is 0.110. The fraction of sp³-hybridized carbons (Fsp3) is 0.438. The van der Waals surface area contributed by atoms with Gasteiger partial charge >= 0.3 is 0 Å². The molecule has 0 aliphatic rings. The summed E-state index contributed by atoms with van der Waals surface area (Å²) in [5.74, 6) is 0. The van der Waals surface area contributed by atoms with Crippen LogP contribution in [0.4, 0.5) is 0 Å². The summed E-state index contributed by atoms with van der Waals surface area (Å²) >= 11 is 0. The lowest BCUT2D eigenvalue weighted by Gasteiger charge is -2.25. The van der Waals surface area contributed by atoms with Crippen LogP contribution in [0.25, 0.3) is 43.4 Å². The number of fused-ring (bicyclic) bond motifs is 4. The quantitative estimate of drug-likeness (QED) is 0.152. The van der Waals surface area contributed by atoms with Gasteiger partial charge in [-0.05, 0) is 264 Å². The SMILES string of the molecule is Cc1c(C(C)(C)C)cc2ccccc2c1C.Cc1c(C(C)(C)C)nc2ccccc2c1C.Cc1cc2ccccc2c(C(C)(C)C)c1C.Cc1cccc(C(C)(C)C)c1C.Cc1ccnc(C(C)(C)C)c1C.Cc1nc2ccccc2c(C(C)(C)C)c1C.Cc1nccc(C(C)(C)C)c1C. The molecule has 0 bridgehead atoms. The molecule has 100 heavy (non-hydrogen) atoms. The van der Waals surface area contributed by atoms with Gasteiger partial charge in [0.1, 0.15) is 0 Å². The number of para-hydroxylation sites is 2. The second kappa shape index (κ2) is 32.9. The molecule has 11 rings (SSSR count). The van der Waals surface area contributed by atoms with Crippen LogP contribution in [0, 0.1) is 96.9 Å². The standard InChI is InChI=1S/2C16H20.2C15H19N.C12H18.2C11H17N/c1-11-12(2)15(16(3,4)5)10-13-8-6-7-9-14(11)13;1-11-10-13-8-6-7-9-14(13)15(12(11)2)16(3,4)5;1-10-11(2)16-13-9-7-6-8-12(13)14(10)15(3,4)5;1-10-11(2)14(15(3,4)5)16-13-9-7-6-8-12(10)13;1-9-7-6-8-11(10(9)2)12(3,4)5;1-8-9(2)12-7-6-10(8)11(3,4)5;1-8-6-7-12-10(9(8)2)11(3,4)5/h2*6-10H,1-5H3;2*6-9H,1-5H3;6-8H,1-5H3;2*6-7H,1-5H3. The molecule has 534 valence electrons. The second-order valence-corrected chi connectivity index (χ2v) is 35.4. The van der Waals surface area contributed by atoms with E-state index in [1.54, 1.807) is 0 Å². The Morgan fingerprint density at radius 2 is 0.650 bits per heavy atom. The zero-order valence-electron chi connectivity index (χ0n) is 69.2. The maximum Gasteiger partial charge on any atom is 0.0708 e. The molecule has 0 aliphatic heterocycles. The third-order valence-electron chi connectivity index (χ3n) is 19.9. The van der Waals surface area contributed by atoms with E-state index < -0.39 is 0 Å². The number of benzene rings is 7. The molecule has 4 heterocycles. The van der Waals surface area contributed by atoms with Gasteiger partial charge < -0.3 is 0 Å². The Morgan fingerprint density at radius 3 is 1.13 bits per heavy atom. The summed E-state index contributed by atoms with van der Waals surface area (Å²) in [4.78, 5) is 18.1. The molecule has 0 saturated heterocycles. The number of aryl methyl sites for hydroxylation is 7. The third-order valence-corrected chi connectivity index (χ3v) is 19.9. The Hall–Kier alpha value is -7.82. The summed E-state index contributed by atoms with van der Waals surface area (Å²) in [5.41, 5.74) is 32.0. The van der Waals surface area contributed by atoms with E-state index in [0.29, 0.717) is 0 Å². The summed E-state index contributed by atoms with van der Waals surface area (Å²) < 4.78 is 0. The minimum atomic E-state index is 0.110. The maximum absolute atomic E-state index is 4.81. The first kappa shape index (κ1) is 82.8. The highest BCUT2D eigenvalue weighted by molar-refractivity contribution is 5.90. The average Bonchev–Trinajstić information content (AvgIpc) is 1.06. The summed E-state index contributed by atoms with van der Waals surface area (Å²) in [5, 5.41) is 8.06. The molecule has 4 aromatic heterocycles. The van der Waals surface area contributed by atoms with E-state index in [2.05, 4.69) is 397 Å². The topological polar surface area (TPSA) is 51.6 Å². The highest BCUT2D eigenvalue weighted by Gasteiger charge is 2.25. The van der Waals surface area contributed by atoms with Gasteiger partial charge in [0, 0.05) is 56.8 Å². The summed E-state index contributed by atoms with van der Waals surface area (Å²) in [7, 11) is 0. The molecular formula is C96H130N4. The number of rotatable bonds is 0. The van der Waals surface area contributed by atoms with E-state index in [1.165, 1.54) is 138 Å². The van der Waals surface area contributed by atoms with Crippen molar-refractivity contribution in [3.63, 3.8) is 0 Å². The predicted octanol–water partition coefficient (Wildman–Crippen LogP) is 27.4. The second-order valence-electron chi connectivity index (χ2n) is 35.4. The lowest BCUT2D eigenvalue weighted by Crippen LogP contribution is -2.16. The van der Waals surface area contributed by atoms with Crippen LogP contribution in [-0.2, 0) is 37.9 Å². The Morgan fingerprint density at radius 1 is 0.230 bits per heavy atom. The third kappa shape index (κ3) is 21.1. The first-order valence-electron chi connectivity index (χ1n) is 36.6. The highest BCUT2D eigenvalue weighted by atomic mass is 14.7. The molecule has 4 heteroatoms. The smallest absolute Gasteiger partial charge is 0.0708 e. The van der Waals surface area contributed by atoms with Gasteiger partial charge in [0.15, 0.2) is 0 Å². The van der Waals surface area contributed by atoms with Gasteiger partial charge in [-0.15, -0.1) is 0 Å². The number of nitrogens with zero attached hydrogens (tertiary/aromatic N) is 4. The van der Waals surface area contributed by atoms with E-state index in [4.69, 9.17) is 4.98 Å². The summed E-state index contributed by atoms with van der Waals surface area (Å²) in [6, 6.07) is 49.5. The summed E-state index contributed by atoms with van der Waals surface area (Å²) in [6.45, 7) is 77.6. The molecule has 0 N–H and O–H groups in total. The van der Waals surface area contributed by atoms with E-state index >= 15 is 0 Å². The van der Waals surface area contributed by atoms with Gasteiger partial charge in [-0.2, -0.15) is 0 Å². The van der Waals surface area contributed by atoms with Crippen LogP contribution in [0.3, 0.4) is 0 Å². The van der Waals surface area contributed by atoms with Gasteiger partial charge in [-0.25, -0.2) is 0 Å².